The molecule has 0 fully saturated rings. The van der Waals surface area contributed by atoms with Gasteiger partial charge in [-0.3, -0.25) is 19.1 Å². The van der Waals surface area contributed by atoms with Crippen molar-refractivity contribution in [2.75, 3.05) is 0 Å². The van der Waals surface area contributed by atoms with Crippen LogP contribution in [0.4, 0.5) is 26.3 Å². The molecule has 0 unspecified atom stereocenters. The number of carbonyl (C=O) groups is 2. The molecule has 264 valence electrons. The summed E-state index contributed by atoms with van der Waals surface area (Å²) >= 11 is 0. The van der Waals surface area contributed by atoms with Gasteiger partial charge in [0.1, 0.15) is 23.5 Å². The lowest BCUT2D eigenvalue weighted by molar-refractivity contribution is -0.139. The molecule has 0 bridgehead atoms. The van der Waals surface area contributed by atoms with Crippen molar-refractivity contribution in [2.45, 2.75) is 71.8 Å². The summed E-state index contributed by atoms with van der Waals surface area (Å²) in [5, 5.41) is 16.1. The summed E-state index contributed by atoms with van der Waals surface area (Å²) in [6.45, 7) is 6.33. The first-order chi connectivity index (χ1) is 23.4. The maximum atomic E-state index is 16.5. The molecule has 2 aromatic heterocycles. The van der Waals surface area contributed by atoms with Crippen LogP contribution in [-0.2, 0) is 28.7 Å². The van der Waals surface area contributed by atoms with Gasteiger partial charge in [0, 0.05) is 47.9 Å². The van der Waals surface area contributed by atoms with E-state index < -0.39 is 70.7 Å². The number of halogens is 6. The highest BCUT2D eigenvalue weighted by Gasteiger charge is 2.36. The smallest absolute Gasteiger partial charge is 0.416 e. The van der Waals surface area contributed by atoms with Crippen LogP contribution in [0.25, 0.3) is 11.1 Å². The van der Waals surface area contributed by atoms with Crippen molar-refractivity contribution < 1.29 is 41.0 Å². The van der Waals surface area contributed by atoms with Crippen LogP contribution in [0.1, 0.15) is 72.2 Å². The van der Waals surface area contributed by atoms with Gasteiger partial charge in [-0.2, -0.15) is 18.3 Å². The highest BCUT2D eigenvalue weighted by atomic mass is 19.4. The third kappa shape index (κ3) is 8.27. The molecule has 1 amide bonds. The molecule has 0 aliphatic carbocycles. The third-order valence-electron chi connectivity index (χ3n) is 8.17. The first-order valence-corrected chi connectivity index (χ1v) is 15.5. The molecule has 14 heteroatoms. The van der Waals surface area contributed by atoms with Crippen molar-refractivity contribution >= 4 is 11.9 Å². The molecule has 4 rings (SSSR count). The maximum absolute atomic E-state index is 16.5. The molecular weight excluding hydrogens is 666 g/mol. The molecule has 0 saturated carbocycles. The Labute approximate surface area is 283 Å². The molecule has 0 aliphatic rings. The third-order valence-corrected chi connectivity index (χ3v) is 8.17. The number of carbonyl (C=O) groups excluding carboxylic acids is 1. The van der Waals surface area contributed by atoms with Crippen molar-refractivity contribution in [3.63, 3.8) is 0 Å². The highest BCUT2D eigenvalue weighted by Crippen LogP contribution is 2.38. The molecule has 0 aliphatic heterocycles. The minimum atomic E-state index is -4.90. The molecule has 2 heterocycles. The monoisotopic (exact) mass is 700 g/mol. The van der Waals surface area contributed by atoms with E-state index in [1.54, 1.807) is 26.1 Å². The number of carboxylic acid groups (broad SMARTS) is 1. The van der Waals surface area contributed by atoms with Gasteiger partial charge in [0.2, 0.25) is 5.91 Å². The van der Waals surface area contributed by atoms with E-state index in [0.717, 1.165) is 29.0 Å². The molecular formula is C36H34F6N4O4. The first kappa shape index (κ1) is 37.5. The van der Waals surface area contributed by atoms with Crippen molar-refractivity contribution in [3.05, 3.63) is 110 Å². The first-order valence-electron chi connectivity index (χ1n) is 15.5. The predicted octanol–water partition coefficient (Wildman–Crippen LogP) is 6.91. The number of benzene rings is 2. The number of terminal acetylenes is 1. The van der Waals surface area contributed by atoms with Gasteiger partial charge in [-0.15, -0.1) is 6.42 Å². The second kappa shape index (κ2) is 15.1. The zero-order valence-electron chi connectivity index (χ0n) is 27.5. The quantitative estimate of drug-likeness (QED) is 0.124. The standard InChI is InChI=1S/C36H34F6N4O4/c1-6-22-15-26(38)33(34(39)32(22)31-20(4)13-24(37)14-21(31)5)27(17-30(48)49)44-35(50)28(12-19(2)3)46-18-23(8-11-45-10-7-9-43-45)25(16-29(46)47)36(40,41)42/h1,7,9-10,13-16,18-19,27-28H,8,11-12,17H2,2-5H3,(H,44,50)(H,48,49)/t27-,28+/m1/s1. The van der Waals surface area contributed by atoms with Crippen LogP contribution in [0.5, 0.6) is 0 Å². The number of hydrogen-bond acceptors (Lipinski definition) is 4. The van der Waals surface area contributed by atoms with Crippen LogP contribution < -0.4 is 10.9 Å². The molecule has 0 saturated heterocycles. The summed E-state index contributed by atoms with van der Waals surface area (Å²) in [6, 6.07) is 1.61. The van der Waals surface area contributed by atoms with Crippen LogP contribution >= 0.6 is 0 Å². The number of aromatic nitrogens is 3. The normalized spacial score (nSPS) is 12.8. The lowest BCUT2D eigenvalue weighted by atomic mass is 9.88. The minimum Gasteiger partial charge on any atom is -0.481 e. The predicted molar refractivity (Wildman–Crippen MR) is 172 cm³/mol. The number of hydrogen-bond donors (Lipinski definition) is 2. The molecule has 0 radical (unpaired) electrons. The zero-order chi connectivity index (χ0) is 37.1. The molecule has 2 aromatic carbocycles. The van der Waals surface area contributed by atoms with Gasteiger partial charge in [0.25, 0.3) is 5.56 Å². The molecule has 50 heavy (non-hydrogen) atoms. The Balaban J connectivity index is 1.85. The van der Waals surface area contributed by atoms with E-state index in [4.69, 9.17) is 6.42 Å². The van der Waals surface area contributed by atoms with Crippen LogP contribution in [0.3, 0.4) is 0 Å². The van der Waals surface area contributed by atoms with Crippen molar-refractivity contribution in [3.8, 4) is 23.5 Å². The number of amides is 1. The largest absolute Gasteiger partial charge is 0.481 e. The molecule has 4 aromatic rings. The number of alkyl halides is 3. The van der Waals surface area contributed by atoms with E-state index in [-0.39, 0.29) is 58.7 Å². The average Bonchev–Trinajstić information content (AvgIpc) is 3.52. The summed E-state index contributed by atoms with van der Waals surface area (Å²) in [5.74, 6) is -3.95. The van der Waals surface area contributed by atoms with E-state index >= 15 is 8.78 Å². The summed E-state index contributed by atoms with van der Waals surface area (Å²) < 4.78 is 90.7. The SMILES string of the molecule is C#Cc1cc(F)c([C@@H](CC(=O)O)NC(=O)[C@H](CC(C)C)n2cc(CCn3cccn3)c(C(F)(F)F)cc2=O)c(F)c1-c1c(C)cc(F)cc1C. The lowest BCUT2D eigenvalue weighted by Crippen LogP contribution is -2.41. The Kier molecular flexibility index (Phi) is 11.3. The van der Waals surface area contributed by atoms with Gasteiger partial charge in [-0.05, 0) is 79.1 Å². The van der Waals surface area contributed by atoms with Crippen LogP contribution in [0.2, 0.25) is 0 Å². The fourth-order valence-electron chi connectivity index (χ4n) is 6.04. The van der Waals surface area contributed by atoms with Crippen LogP contribution in [0.15, 0.2) is 53.7 Å². The summed E-state index contributed by atoms with van der Waals surface area (Å²) in [7, 11) is 0. The van der Waals surface area contributed by atoms with Gasteiger partial charge in [0.05, 0.1) is 18.0 Å². The molecule has 8 nitrogen and oxygen atoms in total. The topological polar surface area (TPSA) is 106 Å². The number of aliphatic carboxylic acids is 1. The number of nitrogens with one attached hydrogen (secondary N) is 1. The number of aryl methyl sites for hydroxylation is 4. The number of rotatable bonds is 12. The van der Waals surface area contributed by atoms with Gasteiger partial charge < -0.3 is 15.0 Å². The Morgan fingerprint density at radius 2 is 1.72 bits per heavy atom. The second-order valence-electron chi connectivity index (χ2n) is 12.3. The fraction of sp³-hybridized carbons (Fsp3) is 0.333. The van der Waals surface area contributed by atoms with Gasteiger partial charge >= 0.3 is 12.1 Å². The summed E-state index contributed by atoms with van der Waals surface area (Å²) in [6.07, 6.45) is 3.22. The Bertz CT molecular complexity index is 1990. The van der Waals surface area contributed by atoms with E-state index in [0.29, 0.717) is 6.07 Å². The van der Waals surface area contributed by atoms with E-state index in [9.17, 15) is 37.1 Å². The summed E-state index contributed by atoms with van der Waals surface area (Å²) in [4.78, 5) is 39.2. The molecule has 2 atom stereocenters. The fourth-order valence-corrected chi connectivity index (χ4v) is 6.04. The van der Waals surface area contributed by atoms with E-state index in [1.165, 1.54) is 24.7 Å². The Hall–Kier alpha value is -5.32. The van der Waals surface area contributed by atoms with Gasteiger partial charge in [-0.25, -0.2) is 13.2 Å². The Morgan fingerprint density at radius 1 is 1.06 bits per heavy atom. The highest BCUT2D eigenvalue weighted by molar-refractivity contribution is 5.82. The number of nitrogens with zero attached hydrogens (tertiary/aromatic N) is 3. The zero-order valence-corrected chi connectivity index (χ0v) is 27.5. The van der Waals surface area contributed by atoms with E-state index in [2.05, 4.69) is 16.3 Å². The van der Waals surface area contributed by atoms with Crippen molar-refractivity contribution in [2.24, 2.45) is 5.92 Å². The van der Waals surface area contributed by atoms with E-state index in [1.807, 2.05) is 0 Å². The maximum Gasteiger partial charge on any atom is 0.416 e. The van der Waals surface area contributed by atoms with Crippen molar-refractivity contribution in [1.29, 1.82) is 0 Å². The Morgan fingerprint density at radius 3 is 2.26 bits per heavy atom. The second-order valence-corrected chi connectivity index (χ2v) is 12.3. The molecule has 0 spiro atoms. The average molecular weight is 701 g/mol. The van der Waals surface area contributed by atoms with Crippen LogP contribution in [0, 0.1) is 49.6 Å². The minimum absolute atomic E-state index is 0.0115. The number of pyridine rings is 1. The molecule has 2 N–H and O–H groups in total. The van der Waals surface area contributed by atoms with Crippen LogP contribution in [-0.4, -0.2) is 31.3 Å². The van der Waals surface area contributed by atoms with Gasteiger partial charge in [-0.1, -0.05) is 19.8 Å². The number of carboxylic acids is 1. The summed E-state index contributed by atoms with van der Waals surface area (Å²) in [5.41, 5.74) is -3.48. The van der Waals surface area contributed by atoms with Crippen molar-refractivity contribution in [1.82, 2.24) is 19.7 Å². The van der Waals surface area contributed by atoms with Gasteiger partial charge in [0.15, 0.2) is 0 Å². The lowest BCUT2D eigenvalue weighted by Gasteiger charge is -2.27.